The summed E-state index contributed by atoms with van der Waals surface area (Å²) < 4.78 is 1.68. The third-order valence-corrected chi connectivity index (χ3v) is 3.59. The fourth-order valence-corrected chi connectivity index (χ4v) is 2.31. The second kappa shape index (κ2) is 5.65. The van der Waals surface area contributed by atoms with Gasteiger partial charge in [0, 0.05) is 10.6 Å². The fraction of sp³-hybridized carbons (Fsp3) is 0.0667. The minimum Gasteiger partial charge on any atom is -0.229 e. The van der Waals surface area contributed by atoms with Crippen LogP contribution in [0, 0.1) is 0 Å². The molecule has 0 saturated heterocycles. The monoisotopic (exact) mass is 303 g/mol. The van der Waals surface area contributed by atoms with E-state index in [1.165, 1.54) is 0 Å². The SMILES string of the molecule is Clc1ccc(-c2nnn(Cc3ccccc3)c2Cl)cc1. The third-order valence-electron chi connectivity index (χ3n) is 2.97. The summed E-state index contributed by atoms with van der Waals surface area (Å²) in [4.78, 5) is 0. The Hall–Kier alpha value is -1.84. The Kier molecular flexibility index (Phi) is 3.72. The van der Waals surface area contributed by atoms with Crippen molar-refractivity contribution in [2.24, 2.45) is 0 Å². The van der Waals surface area contributed by atoms with Crippen molar-refractivity contribution < 1.29 is 0 Å². The van der Waals surface area contributed by atoms with E-state index in [0.29, 0.717) is 22.4 Å². The van der Waals surface area contributed by atoms with Gasteiger partial charge in [-0.1, -0.05) is 70.9 Å². The number of rotatable bonds is 3. The van der Waals surface area contributed by atoms with Crippen LogP contribution < -0.4 is 0 Å². The molecule has 20 heavy (non-hydrogen) atoms. The zero-order valence-corrected chi connectivity index (χ0v) is 12.0. The lowest BCUT2D eigenvalue weighted by Gasteiger charge is -2.02. The molecule has 3 rings (SSSR count). The molecule has 1 aromatic heterocycles. The van der Waals surface area contributed by atoms with Gasteiger partial charge in [-0.25, -0.2) is 4.68 Å². The molecule has 0 radical (unpaired) electrons. The third kappa shape index (κ3) is 2.69. The summed E-state index contributed by atoms with van der Waals surface area (Å²) in [5.74, 6) is 0. The molecule has 0 saturated carbocycles. The van der Waals surface area contributed by atoms with Crippen LogP contribution in [-0.2, 0) is 6.54 Å². The second-order valence-corrected chi connectivity index (χ2v) is 5.17. The second-order valence-electron chi connectivity index (χ2n) is 4.38. The van der Waals surface area contributed by atoms with Crippen molar-refractivity contribution in [3.8, 4) is 11.3 Å². The summed E-state index contributed by atoms with van der Waals surface area (Å²) in [6.45, 7) is 0.597. The minimum atomic E-state index is 0.524. The van der Waals surface area contributed by atoms with Crippen molar-refractivity contribution in [3.63, 3.8) is 0 Å². The summed E-state index contributed by atoms with van der Waals surface area (Å²) in [5.41, 5.74) is 2.69. The molecule has 0 amide bonds. The minimum absolute atomic E-state index is 0.524. The van der Waals surface area contributed by atoms with Crippen LogP contribution in [0.2, 0.25) is 10.2 Å². The average Bonchev–Trinajstić information content (AvgIpc) is 2.83. The molecule has 0 unspecified atom stereocenters. The number of hydrogen-bond donors (Lipinski definition) is 0. The molecular formula is C15H11Cl2N3. The molecule has 1 heterocycles. The van der Waals surface area contributed by atoms with Gasteiger partial charge < -0.3 is 0 Å². The number of halogens is 2. The van der Waals surface area contributed by atoms with Crippen molar-refractivity contribution in [2.75, 3.05) is 0 Å². The van der Waals surface area contributed by atoms with Crippen LogP contribution in [0.15, 0.2) is 54.6 Å². The molecule has 0 aliphatic heterocycles. The maximum absolute atomic E-state index is 6.35. The maximum Gasteiger partial charge on any atom is 0.155 e. The van der Waals surface area contributed by atoms with E-state index in [0.717, 1.165) is 11.1 Å². The number of hydrogen-bond acceptors (Lipinski definition) is 2. The highest BCUT2D eigenvalue weighted by molar-refractivity contribution is 6.32. The van der Waals surface area contributed by atoms with Gasteiger partial charge in [0.05, 0.1) is 6.54 Å². The van der Waals surface area contributed by atoms with Gasteiger partial charge in [0.1, 0.15) is 5.69 Å². The van der Waals surface area contributed by atoms with Crippen molar-refractivity contribution in [3.05, 3.63) is 70.3 Å². The summed E-state index contributed by atoms with van der Waals surface area (Å²) in [6, 6.07) is 17.4. The van der Waals surface area contributed by atoms with Gasteiger partial charge in [-0.15, -0.1) is 5.10 Å². The van der Waals surface area contributed by atoms with E-state index in [-0.39, 0.29) is 0 Å². The van der Waals surface area contributed by atoms with Gasteiger partial charge >= 0.3 is 0 Å². The van der Waals surface area contributed by atoms with Gasteiger partial charge in [-0.3, -0.25) is 0 Å². The molecule has 5 heteroatoms. The van der Waals surface area contributed by atoms with Crippen LogP contribution >= 0.6 is 23.2 Å². The predicted molar refractivity (Wildman–Crippen MR) is 81.0 cm³/mol. The largest absolute Gasteiger partial charge is 0.229 e. The van der Waals surface area contributed by atoms with E-state index in [2.05, 4.69) is 10.3 Å². The molecule has 0 spiro atoms. The van der Waals surface area contributed by atoms with E-state index < -0.39 is 0 Å². The first kappa shape index (κ1) is 13.2. The normalized spacial score (nSPS) is 10.7. The van der Waals surface area contributed by atoms with E-state index in [4.69, 9.17) is 23.2 Å². The summed E-state index contributed by atoms with van der Waals surface area (Å²) in [6.07, 6.45) is 0. The molecule has 0 bridgehead atoms. The van der Waals surface area contributed by atoms with Gasteiger partial charge in [-0.2, -0.15) is 0 Å². The zero-order valence-electron chi connectivity index (χ0n) is 10.5. The van der Waals surface area contributed by atoms with E-state index in [1.54, 1.807) is 4.68 Å². The van der Waals surface area contributed by atoms with Gasteiger partial charge in [0.2, 0.25) is 0 Å². The van der Waals surface area contributed by atoms with E-state index >= 15 is 0 Å². The zero-order chi connectivity index (χ0) is 13.9. The van der Waals surface area contributed by atoms with Crippen LogP contribution in [0.25, 0.3) is 11.3 Å². The molecule has 0 atom stereocenters. The predicted octanol–water partition coefficient (Wildman–Crippen LogP) is 4.30. The Bertz CT molecular complexity index is 706. The van der Waals surface area contributed by atoms with E-state index in [1.807, 2.05) is 54.6 Å². The smallest absolute Gasteiger partial charge is 0.155 e. The Morgan fingerprint density at radius 1 is 0.900 bits per heavy atom. The topological polar surface area (TPSA) is 30.7 Å². The lowest BCUT2D eigenvalue weighted by molar-refractivity contribution is 0.650. The molecule has 2 aromatic carbocycles. The summed E-state index contributed by atoms with van der Waals surface area (Å²) >= 11 is 12.2. The molecule has 0 fully saturated rings. The Labute approximate surface area is 126 Å². The van der Waals surface area contributed by atoms with Crippen LogP contribution in [-0.4, -0.2) is 15.0 Å². The summed E-state index contributed by atoms with van der Waals surface area (Å²) in [7, 11) is 0. The number of benzene rings is 2. The highest BCUT2D eigenvalue weighted by atomic mass is 35.5. The molecular weight excluding hydrogens is 293 g/mol. The van der Waals surface area contributed by atoms with Crippen molar-refractivity contribution >= 4 is 23.2 Å². The van der Waals surface area contributed by atoms with Crippen molar-refractivity contribution in [1.82, 2.24) is 15.0 Å². The highest BCUT2D eigenvalue weighted by Gasteiger charge is 2.12. The Morgan fingerprint density at radius 2 is 1.60 bits per heavy atom. The maximum atomic E-state index is 6.35. The van der Waals surface area contributed by atoms with Gasteiger partial charge in [0.15, 0.2) is 5.15 Å². The molecule has 0 aliphatic carbocycles. The lowest BCUT2D eigenvalue weighted by atomic mass is 10.2. The van der Waals surface area contributed by atoms with E-state index in [9.17, 15) is 0 Å². The first-order valence-electron chi connectivity index (χ1n) is 6.13. The highest BCUT2D eigenvalue weighted by Crippen LogP contribution is 2.26. The standard InChI is InChI=1S/C15H11Cl2N3/c16-13-8-6-12(7-9-13)14-15(17)20(19-18-14)10-11-4-2-1-3-5-11/h1-9H,10H2. The van der Waals surface area contributed by atoms with Gasteiger partial charge in [0.25, 0.3) is 0 Å². The average molecular weight is 304 g/mol. The lowest BCUT2D eigenvalue weighted by Crippen LogP contribution is -2.01. The number of aromatic nitrogens is 3. The van der Waals surface area contributed by atoms with Crippen LogP contribution in [0.1, 0.15) is 5.56 Å². The van der Waals surface area contributed by atoms with Crippen molar-refractivity contribution in [2.45, 2.75) is 6.54 Å². The Balaban J connectivity index is 1.91. The first-order chi connectivity index (χ1) is 9.74. The first-order valence-corrected chi connectivity index (χ1v) is 6.88. The number of nitrogens with zero attached hydrogens (tertiary/aromatic N) is 3. The van der Waals surface area contributed by atoms with Crippen LogP contribution in [0.4, 0.5) is 0 Å². The van der Waals surface area contributed by atoms with Crippen molar-refractivity contribution in [1.29, 1.82) is 0 Å². The van der Waals surface area contributed by atoms with Crippen LogP contribution in [0.3, 0.4) is 0 Å². The quantitative estimate of drug-likeness (QED) is 0.722. The molecule has 3 aromatic rings. The molecule has 3 nitrogen and oxygen atoms in total. The summed E-state index contributed by atoms with van der Waals surface area (Å²) in [5, 5.41) is 9.47. The van der Waals surface area contributed by atoms with Crippen LogP contribution in [0.5, 0.6) is 0 Å². The fourth-order valence-electron chi connectivity index (χ4n) is 1.94. The Morgan fingerprint density at radius 3 is 2.30 bits per heavy atom. The van der Waals surface area contributed by atoms with Gasteiger partial charge in [-0.05, 0) is 17.7 Å². The molecule has 0 N–H and O–H groups in total. The molecule has 100 valence electrons. The molecule has 0 aliphatic rings.